The van der Waals surface area contributed by atoms with Crippen LogP contribution in [0.1, 0.15) is 16.7 Å². The number of aryl methyl sites for hydroxylation is 1. The number of hydrogen-bond acceptors (Lipinski definition) is 2. The van der Waals surface area contributed by atoms with E-state index in [1.807, 2.05) is 37.3 Å². The smallest absolute Gasteiger partial charge is 0.128 e. The van der Waals surface area contributed by atoms with Gasteiger partial charge in [0.25, 0.3) is 0 Å². The summed E-state index contributed by atoms with van der Waals surface area (Å²) in [5, 5.41) is 12.3. The highest BCUT2D eigenvalue weighted by atomic mass is 19.1. The van der Waals surface area contributed by atoms with Crippen molar-refractivity contribution in [3.63, 3.8) is 0 Å². The van der Waals surface area contributed by atoms with Crippen LogP contribution in [0, 0.1) is 12.7 Å². The van der Waals surface area contributed by atoms with E-state index in [0.29, 0.717) is 12.1 Å². The van der Waals surface area contributed by atoms with E-state index in [1.54, 1.807) is 6.07 Å². The number of aliphatic hydroxyl groups is 1. The maximum atomic E-state index is 13.6. The quantitative estimate of drug-likeness (QED) is 0.866. The molecule has 0 atom stereocenters. The van der Waals surface area contributed by atoms with Crippen LogP contribution in [0.5, 0.6) is 0 Å². The minimum absolute atomic E-state index is 0.0283. The van der Waals surface area contributed by atoms with Crippen LogP contribution in [0.3, 0.4) is 0 Å². The SMILES string of the molecule is Cc1ccc(F)c(CNc2ccccc2CO)c1. The highest BCUT2D eigenvalue weighted by Crippen LogP contribution is 2.17. The zero-order chi connectivity index (χ0) is 13.0. The molecule has 0 unspecified atom stereocenters. The van der Waals surface area contributed by atoms with Crippen LogP contribution < -0.4 is 5.32 Å². The Labute approximate surface area is 106 Å². The van der Waals surface area contributed by atoms with E-state index in [4.69, 9.17) is 0 Å². The van der Waals surface area contributed by atoms with Gasteiger partial charge in [-0.2, -0.15) is 0 Å². The lowest BCUT2D eigenvalue weighted by Gasteiger charge is -2.11. The van der Waals surface area contributed by atoms with Crippen molar-refractivity contribution in [3.8, 4) is 0 Å². The van der Waals surface area contributed by atoms with Gasteiger partial charge in [-0.25, -0.2) is 4.39 Å². The van der Waals surface area contributed by atoms with Crippen LogP contribution in [-0.2, 0) is 13.2 Å². The molecule has 3 heteroatoms. The van der Waals surface area contributed by atoms with Gasteiger partial charge >= 0.3 is 0 Å². The Hall–Kier alpha value is -1.87. The molecule has 2 rings (SSSR count). The predicted octanol–water partition coefficient (Wildman–Crippen LogP) is 3.24. The van der Waals surface area contributed by atoms with Crippen LogP contribution in [0.2, 0.25) is 0 Å². The standard InChI is InChI=1S/C15H16FNO/c1-11-6-7-14(16)13(8-11)9-17-15-5-3-2-4-12(15)10-18/h2-8,17-18H,9-10H2,1H3. The van der Waals surface area contributed by atoms with E-state index in [0.717, 1.165) is 16.8 Å². The molecule has 0 aliphatic heterocycles. The van der Waals surface area contributed by atoms with Crippen molar-refractivity contribution < 1.29 is 9.50 Å². The Morgan fingerprint density at radius 3 is 2.67 bits per heavy atom. The fraction of sp³-hybridized carbons (Fsp3) is 0.200. The van der Waals surface area contributed by atoms with Crippen molar-refractivity contribution in [2.75, 3.05) is 5.32 Å². The molecule has 0 aliphatic carbocycles. The monoisotopic (exact) mass is 245 g/mol. The Kier molecular flexibility index (Phi) is 3.95. The van der Waals surface area contributed by atoms with Crippen molar-refractivity contribution in [1.29, 1.82) is 0 Å². The minimum atomic E-state index is -0.213. The van der Waals surface area contributed by atoms with Crippen molar-refractivity contribution in [1.82, 2.24) is 0 Å². The molecule has 0 heterocycles. The Morgan fingerprint density at radius 2 is 1.89 bits per heavy atom. The van der Waals surface area contributed by atoms with E-state index in [1.165, 1.54) is 6.07 Å². The van der Waals surface area contributed by atoms with Gasteiger partial charge in [-0.1, -0.05) is 35.9 Å². The molecule has 0 spiro atoms. The first-order valence-electron chi connectivity index (χ1n) is 5.88. The van der Waals surface area contributed by atoms with Gasteiger partial charge in [0, 0.05) is 23.4 Å². The molecule has 0 fully saturated rings. The molecule has 2 N–H and O–H groups in total. The maximum absolute atomic E-state index is 13.6. The van der Waals surface area contributed by atoms with E-state index in [2.05, 4.69) is 5.32 Å². The molecular formula is C15H16FNO. The molecule has 2 nitrogen and oxygen atoms in total. The van der Waals surface area contributed by atoms with Gasteiger partial charge in [0.15, 0.2) is 0 Å². The summed E-state index contributed by atoms with van der Waals surface area (Å²) in [5.74, 6) is -0.213. The summed E-state index contributed by atoms with van der Waals surface area (Å²) in [6.45, 7) is 2.31. The molecule has 18 heavy (non-hydrogen) atoms. The molecule has 0 aromatic heterocycles. The number of hydrogen-bond donors (Lipinski definition) is 2. The molecule has 0 radical (unpaired) electrons. The number of nitrogens with one attached hydrogen (secondary N) is 1. The zero-order valence-electron chi connectivity index (χ0n) is 10.3. The lowest BCUT2D eigenvalue weighted by atomic mass is 10.1. The molecule has 0 aliphatic rings. The van der Waals surface area contributed by atoms with Crippen LogP contribution in [0.15, 0.2) is 42.5 Å². The van der Waals surface area contributed by atoms with E-state index in [9.17, 15) is 9.50 Å². The largest absolute Gasteiger partial charge is 0.392 e. The Morgan fingerprint density at radius 1 is 1.11 bits per heavy atom. The van der Waals surface area contributed by atoms with Crippen LogP contribution in [0.4, 0.5) is 10.1 Å². The lowest BCUT2D eigenvalue weighted by Crippen LogP contribution is -2.04. The third kappa shape index (κ3) is 2.87. The molecule has 0 saturated heterocycles. The number of halogens is 1. The van der Waals surface area contributed by atoms with Crippen LogP contribution in [-0.4, -0.2) is 5.11 Å². The van der Waals surface area contributed by atoms with E-state index >= 15 is 0 Å². The Bertz CT molecular complexity index is 540. The first-order valence-corrected chi connectivity index (χ1v) is 5.88. The van der Waals surface area contributed by atoms with Gasteiger partial charge in [-0.05, 0) is 19.1 Å². The summed E-state index contributed by atoms with van der Waals surface area (Å²) >= 11 is 0. The summed E-state index contributed by atoms with van der Waals surface area (Å²) in [4.78, 5) is 0. The van der Waals surface area contributed by atoms with Crippen molar-refractivity contribution in [3.05, 3.63) is 65.0 Å². The molecule has 0 bridgehead atoms. The summed E-state index contributed by atoms with van der Waals surface area (Å²) in [5.41, 5.74) is 3.30. The van der Waals surface area contributed by atoms with E-state index in [-0.39, 0.29) is 12.4 Å². The summed E-state index contributed by atoms with van der Waals surface area (Å²) in [7, 11) is 0. The topological polar surface area (TPSA) is 32.3 Å². The highest BCUT2D eigenvalue weighted by Gasteiger charge is 2.04. The van der Waals surface area contributed by atoms with Gasteiger partial charge < -0.3 is 10.4 Å². The molecule has 94 valence electrons. The highest BCUT2D eigenvalue weighted by molar-refractivity contribution is 5.51. The van der Waals surface area contributed by atoms with Gasteiger partial charge in [0.05, 0.1) is 6.61 Å². The second-order valence-electron chi connectivity index (χ2n) is 4.26. The number of benzene rings is 2. The lowest BCUT2D eigenvalue weighted by molar-refractivity contribution is 0.282. The maximum Gasteiger partial charge on any atom is 0.128 e. The van der Waals surface area contributed by atoms with Crippen molar-refractivity contribution in [2.24, 2.45) is 0 Å². The number of para-hydroxylation sites is 1. The predicted molar refractivity (Wildman–Crippen MR) is 70.8 cm³/mol. The molecular weight excluding hydrogens is 229 g/mol. The third-order valence-corrected chi connectivity index (χ3v) is 2.86. The summed E-state index contributed by atoms with van der Waals surface area (Å²) in [6.07, 6.45) is 0. The first kappa shape index (κ1) is 12.6. The Balaban J connectivity index is 2.14. The second kappa shape index (κ2) is 5.65. The van der Waals surface area contributed by atoms with Gasteiger partial charge in [-0.15, -0.1) is 0 Å². The van der Waals surface area contributed by atoms with Crippen LogP contribution in [0.25, 0.3) is 0 Å². The summed E-state index contributed by atoms with van der Waals surface area (Å²) in [6, 6.07) is 12.5. The average molecular weight is 245 g/mol. The van der Waals surface area contributed by atoms with E-state index < -0.39 is 0 Å². The van der Waals surface area contributed by atoms with Gasteiger partial charge in [0.1, 0.15) is 5.82 Å². The van der Waals surface area contributed by atoms with Gasteiger partial charge in [-0.3, -0.25) is 0 Å². The number of aliphatic hydroxyl groups excluding tert-OH is 1. The van der Waals surface area contributed by atoms with Crippen LogP contribution >= 0.6 is 0 Å². The van der Waals surface area contributed by atoms with Gasteiger partial charge in [0.2, 0.25) is 0 Å². The van der Waals surface area contributed by atoms with Crippen molar-refractivity contribution >= 4 is 5.69 Å². The van der Waals surface area contributed by atoms with Crippen molar-refractivity contribution in [2.45, 2.75) is 20.1 Å². The number of anilines is 1. The second-order valence-corrected chi connectivity index (χ2v) is 4.26. The fourth-order valence-corrected chi connectivity index (χ4v) is 1.86. The third-order valence-electron chi connectivity index (χ3n) is 2.86. The molecule has 2 aromatic rings. The average Bonchev–Trinajstić information content (AvgIpc) is 2.40. The number of rotatable bonds is 4. The molecule has 0 saturated carbocycles. The first-order chi connectivity index (χ1) is 8.70. The molecule has 2 aromatic carbocycles. The zero-order valence-corrected chi connectivity index (χ0v) is 10.3. The fourth-order valence-electron chi connectivity index (χ4n) is 1.86. The minimum Gasteiger partial charge on any atom is -0.392 e. The summed E-state index contributed by atoms with van der Waals surface area (Å²) < 4.78 is 13.6. The normalized spacial score (nSPS) is 10.4. The molecule has 0 amide bonds.